The van der Waals surface area contributed by atoms with Crippen molar-refractivity contribution in [1.29, 1.82) is 0 Å². The van der Waals surface area contributed by atoms with Gasteiger partial charge < -0.3 is 9.47 Å². The molecule has 0 aliphatic heterocycles. The van der Waals surface area contributed by atoms with E-state index in [1.54, 1.807) is 14.2 Å². The fraction of sp³-hybridized carbons (Fsp3) is 1.00. The zero-order valence-corrected chi connectivity index (χ0v) is 14.8. The number of ether oxygens (including phenoxy) is 2. The van der Waals surface area contributed by atoms with Crippen LogP contribution in [-0.2, 0) is 23.1 Å². The van der Waals surface area contributed by atoms with Gasteiger partial charge in [0.15, 0.2) is 0 Å². The standard InChI is InChI=1S/C14H32NO5P/c1-5-7-8-14(6-2)13-15-21(16,19-11-9-17-3)20-12-10-18-4/h14H,5-13H2,1-4H3,(H,15,16). The molecule has 0 aliphatic rings. The zero-order valence-electron chi connectivity index (χ0n) is 13.9. The van der Waals surface area contributed by atoms with Crippen molar-refractivity contribution >= 4 is 7.75 Å². The number of methoxy groups -OCH3 is 2. The summed E-state index contributed by atoms with van der Waals surface area (Å²) in [5, 5.41) is 2.97. The highest BCUT2D eigenvalue weighted by Crippen LogP contribution is 2.43. The average Bonchev–Trinajstić information content (AvgIpc) is 2.48. The van der Waals surface area contributed by atoms with Gasteiger partial charge in [-0.25, -0.2) is 9.65 Å². The summed E-state index contributed by atoms with van der Waals surface area (Å²) in [5.74, 6) is 0.482. The van der Waals surface area contributed by atoms with Crippen LogP contribution >= 0.6 is 7.75 Å². The summed E-state index contributed by atoms with van der Waals surface area (Å²) in [6, 6.07) is 0. The summed E-state index contributed by atoms with van der Waals surface area (Å²) >= 11 is 0. The topological polar surface area (TPSA) is 66.0 Å². The van der Waals surface area contributed by atoms with Gasteiger partial charge in [0.2, 0.25) is 0 Å². The molecule has 1 N–H and O–H groups in total. The average molecular weight is 325 g/mol. The third-order valence-electron chi connectivity index (χ3n) is 3.21. The Bertz CT molecular complexity index is 264. The minimum atomic E-state index is -3.29. The van der Waals surface area contributed by atoms with Crippen LogP contribution in [0.4, 0.5) is 0 Å². The molecule has 21 heavy (non-hydrogen) atoms. The minimum Gasteiger partial charge on any atom is -0.382 e. The van der Waals surface area contributed by atoms with E-state index in [1.807, 2.05) is 0 Å². The SMILES string of the molecule is CCCCC(CC)CNP(=O)(OCCOC)OCCOC. The van der Waals surface area contributed by atoms with Gasteiger partial charge in [-0.3, -0.25) is 9.05 Å². The summed E-state index contributed by atoms with van der Waals surface area (Å²) in [7, 11) is -0.138. The van der Waals surface area contributed by atoms with Crippen LogP contribution in [0.1, 0.15) is 39.5 Å². The lowest BCUT2D eigenvalue weighted by molar-refractivity contribution is 0.103. The van der Waals surface area contributed by atoms with Gasteiger partial charge in [0.25, 0.3) is 0 Å². The molecule has 0 bridgehead atoms. The lowest BCUT2D eigenvalue weighted by Crippen LogP contribution is -2.24. The van der Waals surface area contributed by atoms with Gasteiger partial charge in [-0.15, -0.1) is 0 Å². The second kappa shape index (κ2) is 13.7. The van der Waals surface area contributed by atoms with Crippen molar-refractivity contribution in [2.75, 3.05) is 47.2 Å². The van der Waals surface area contributed by atoms with Crippen molar-refractivity contribution < 1.29 is 23.1 Å². The van der Waals surface area contributed by atoms with Crippen LogP contribution in [0, 0.1) is 5.92 Å². The molecule has 1 atom stereocenters. The molecule has 0 rings (SSSR count). The Kier molecular flexibility index (Phi) is 13.7. The maximum Gasteiger partial charge on any atom is 0.405 e. The first-order valence-corrected chi connectivity index (χ1v) is 9.28. The van der Waals surface area contributed by atoms with Crippen molar-refractivity contribution in [2.24, 2.45) is 5.92 Å². The smallest absolute Gasteiger partial charge is 0.382 e. The number of rotatable bonds is 15. The van der Waals surface area contributed by atoms with Crippen molar-refractivity contribution in [3.63, 3.8) is 0 Å². The predicted molar refractivity (Wildman–Crippen MR) is 84.6 cm³/mol. The molecule has 0 aliphatic carbocycles. The highest BCUT2D eigenvalue weighted by molar-refractivity contribution is 7.51. The molecular weight excluding hydrogens is 293 g/mol. The molecule has 6 nitrogen and oxygen atoms in total. The predicted octanol–water partition coefficient (Wildman–Crippen LogP) is 3.23. The van der Waals surface area contributed by atoms with E-state index in [9.17, 15) is 4.57 Å². The molecule has 0 radical (unpaired) electrons. The molecule has 1 unspecified atom stereocenters. The van der Waals surface area contributed by atoms with Gasteiger partial charge in [-0.05, 0) is 12.3 Å². The minimum absolute atomic E-state index is 0.236. The van der Waals surface area contributed by atoms with E-state index in [-0.39, 0.29) is 13.2 Å². The maximum absolute atomic E-state index is 12.6. The van der Waals surface area contributed by atoms with Crippen molar-refractivity contribution in [3.8, 4) is 0 Å². The first-order chi connectivity index (χ1) is 10.1. The summed E-state index contributed by atoms with van der Waals surface area (Å²) in [6.07, 6.45) is 4.52. The molecule has 0 heterocycles. The number of hydrogen-bond donors (Lipinski definition) is 1. The van der Waals surface area contributed by atoms with E-state index in [1.165, 1.54) is 12.8 Å². The third-order valence-corrected chi connectivity index (χ3v) is 4.83. The molecule has 0 spiro atoms. The highest BCUT2D eigenvalue weighted by atomic mass is 31.2. The Balaban J connectivity index is 4.31. The normalized spacial score (nSPS) is 13.5. The fourth-order valence-electron chi connectivity index (χ4n) is 1.79. The Labute approximate surface area is 129 Å². The monoisotopic (exact) mass is 325 g/mol. The van der Waals surface area contributed by atoms with E-state index < -0.39 is 7.75 Å². The number of hydrogen-bond acceptors (Lipinski definition) is 5. The Hall–Kier alpha value is 0.0300. The maximum atomic E-state index is 12.6. The van der Waals surface area contributed by atoms with E-state index in [2.05, 4.69) is 18.9 Å². The molecule has 0 saturated heterocycles. The Morgan fingerprint density at radius 1 is 1.00 bits per heavy atom. The van der Waals surface area contributed by atoms with Gasteiger partial charge in [0.1, 0.15) is 0 Å². The molecule has 0 aromatic heterocycles. The van der Waals surface area contributed by atoms with Gasteiger partial charge in [0.05, 0.1) is 26.4 Å². The van der Waals surface area contributed by atoms with E-state index in [0.717, 1.165) is 12.8 Å². The molecule has 0 aromatic rings. The number of unbranched alkanes of at least 4 members (excludes halogenated alkanes) is 1. The van der Waals surface area contributed by atoms with Crippen LogP contribution in [-0.4, -0.2) is 47.2 Å². The van der Waals surface area contributed by atoms with E-state index >= 15 is 0 Å². The summed E-state index contributed by atoms with van der Waals surface area (Å²) in [5.41, 5.74) is 0. The largest absolute Gasteiger partial charge is 0.405 e. The van der Waals surface area contributed by atoms with Crippen LogP contribution in [0.25, 0.3) is 0 Å². The molecule has 0 amide bonds. The Morgan fingerprint density at radius 3 is 2.00 bits per heavy atom. The first kappa shape index (κ1) is 21.0. The molecule has 0 fully saturated rings. The van der Waals surface area contributed by atoms with Crippen molar-refractivity contribution in [2.45, 2.75) is 39.5 Å². The van der Waals surface area contributed by atoms with Gasteiger partial charge in [-0.2, -0.15) is 0 Å². The van der Waals surface area contributed by atoms with Gasteiger partial charge >= 0.3 is 7.75 Å². The van der Waals surface area contributed by atoms with Gasteiger partial charge in [-0.1, -0.05) is 33.1 Å². The summed E-state index contributed by atoms with van der Waals surface area (Å²) in [4.78, 5) is 0. The van der Waals surface area contributed by atoms with Gasteiger partial charge in [0, 0.05) is 20.8 Å². The van der Waals surface area contributed by atoms with E-state index in [0.29, 0.717) is 25.7 Å². The highest BCUT2D eigenvalue weighted by Gasteiger charge is 2.25. The molecule has 128 valence electrons. The van der Waals surface area contributed by atoms with Crippen LogP contribution in [0.3, 0.4) is 0 Å². The second-order valence-electron chi connectivity index (χ2n) is 4.93. The Morgan fingerprint density at radius 2 is 1.57 bits per heavy atom. The van der Waals surface area contributed by atoms with Crippen LogP contribution < -0.4 is 5.09 Å². The quantitative estimate of drug-likeness (QED) is 0.368. The molecular formula is C14H32NO5P. The van der Waals surface area contributed by atoms with Crippen LogP contribution in [0.15, 0.2) is 0 Å². The third kappa shape index (κ3) is 11.3. The molecule has 0 saturated carbocycles. The van der Waals surface area contributed by atoms with Crippen LogP contribution in [0.2, 0.25) is 0 Å². The lowest BCUT2D eigenvalue weighted by Gasteiger charge is -2.22. The zero-order chi connectivity index (χ0) is 16.0. The summed E-state index contributed by atoms with van der Waals surface area (Å²) in [6.45, 7) is 6.18. The fourth-order valence-corrected chi connectivity index (χ4v) is 3.16. The van der Waals surface area contributed by atoms with Crippen molar-refractivity contribution in [1.82, 2.24) is 5.09 Å². The summed E-state index contributed by atoms with van der Waals surface area (Å²) < 4.78 is 33.1. The molecule has 0 aromatic carbocycles. The van der Waals surface area contributed by atoms with Crippen LogP contribution in [0.5, 0.6) is 0 Å². The molecule has 7 heteroatoms. The van der Waals surface area contributed by atoms with Crippen molar-refractivity contribution in [3.05, 3.63) is 0 Å². The second-order valence-corrected chi connectivity index (χ2v) is 6.76. The number of nitrogens with one attached hydrogen (secondary N) is 1. The lowest BCUT2D eigenvalue weighted by atomic mass is 10.00. The van der Waals surface area contributed by atoms with E-state index in [4.69, 9.17) is 18.5 Å². The first-order valence-electron chi connectivity index (χ1n) is 7.74.